The van der Waals surface area contributed by atoms with E-state index in [1.807, 2.05) is 4.90 Å². The van der Waals surface area contributed by atoms with Gasteiger partial charge in [0.2, 0.25) is 0 Å². The van der Waals surface area contributed by atoms with Gasteiger partial charge < -0.3 is 20.4 Å². The first-order chi connectivity index (χ1) is 14.9. The lowest BCUT2D eigenvalue weighted by Crippen LogP contribution is -2.33. The van der Waals surface area contributed by atoms with Gasteiger partial charge in [0.1, 0.15) is 11.6 Å². The summed E-state index contributed by atoms with van der Waals surface area (Å²) in [5.41, 5.74) is 0.756. The zero-order valence-corrected chi connectivity index (χ0v) is 16.8. The van der Waals surface area contributed by atoms with Crippen molar-refractivity contribution in [1.29, 1.82) is 0 Å². The molecule has 31 heavy (non-hydrogen) atoms. The Kier molecular flexibility index (Phi) is 5.97. The number of aromatic nitrogens is 2. The Morgan fingerprint density at radius 3 is 2.74 bits per heavy atom. The molecule has 0 saturated carbocycles. The fraction of sp³-hybridized carbons (Fsp3) is 0.364. The number of nitrogens with zero attached hydrogens (tertiary/aromatic N) is 3. The van der Waals surface area contributed by atoms with E-state index in [9.17, 15) is 23.4 Å². The van der Waals surface area contributed by atoms with Crippen molar-refractivity contribution < 1.29 is 23.4 Å². The number of pyridine rings is 2. The summed E-state index contributed by atoms with van der Waals surface area (Å²) >= 11 is 0. The average Bonchev–Trinajstić information content (AvgIpc) is 3.14. The molecule has 2 aromatic heterocycles. The van der Waals surface area contributed by atoms with Crippen molar-refractivity contribution in [3.8, 4) is 0 Å². The van der Waals surface area contributed by atoms with E-state index in [0.717, 1.165) is 6.07 Å². The van der Waals surface area contributed by atoms with Crippen molar-refractivity contribution in [2.45, 2.75) is 38.0 Å². The lowest BCUT2D eigenvalue weighted by Gasteiger charge is -2.24. The van der Waals surface area contributed by atoms with Gasteiger partial charge in [-0.3, -0.25) is 4.98 Å². The van der Waals surface area contributed by atoms with E-state index in [2.05, 4.69) is 15.3 Å². The van der Waals surface area contributed by atoms with Crippen molar-refractivity contribution in [1.82, 2.24) is 9.97 Å². The van der Waals surface area contributed by atoms with Gasteiger partial charge in [-0.15, -0.1) is 0 Å². The maximum absolute atomic E-state index is 14.6. The standard InChI is InChI=1S/C22H23F3N4O2/c1-12(15-3-2-4-16(21(15)23)22(24)25)28-18-5-6-26-19-9-27-20(8-17(18)19)29-10-14(31)7-13(29)11-30/h2-6,8-9,12-14,22,30-31H,7,10-11H2,1H3,(H,26,28)/t12-,13+,14+/m1/s1. The third kappa shape index (κ3) is 4.15. The quantitative estimate of drug-likeness (QED) is 0.550. The van der Waals surface area contributed by atoms with Crippen molar-refractivity contribution >= 4 is 22.4 Å². The number of β-amino-alcohol motifs (C(OH)–C–C–N with tert-alkyl or cyclic N) is 1. The van der Waals surface area contributed by atoms with E-state index in [1.54, 1.807) is 31.5 Å². The number of hydrogen-bond donors (Lipinski definition) is 3. The van der Waals surface area contributed by atoms with Gasteiger partial charge in [-0.25, -0.2) is 18.2 Å². The van der Waals surface area contributed by atoms with E-state index in [-0.39, 0.29) is 18.2 Å². The lowest BCUT2D eigenvalue weighted by atomic mass is 10.0. The Morgan fingerprint density at radius 2 is 2.00 bits per heavy atom. The van der Waals surface area contributed by atoms with E-state index in [1.165, 1.54) is 12.1 Å². The SMILES string of the molecule is C[C@@H](Nc1ccnc2cnc(N3C[C@@H](O)C[C@H]3CO)cc12)c1cccc(C(F)F)c1F. The highest BCUT2D eigenvalue weighted by Crippen LogP contribution is 2.33. The normalized spacial score (nSPS) is 19.9. The number of anilines is 2. The van der Waals surface area contributed by atoms with E-state index in [4.69, 9.17) is 0 Å². The summed E-state index contributed by atoms with van der Waals surface area (Å²) in [7, 11) is 0. The highest BCUT2D eigenvalue weighted by molar-refractivity contribution is 5.92. The number of aliphatic hydroxyl groups is 2. The fourth-order valence-electron chi connectivity index (χ4n) is 4.05. The second-order valence-electron chi connectivity index (χ2n) is 7.71. The van der Waals surface area contributed by atoms with Gasteiger partial charge in [-0.2, -0.15) is 0 Å². The molecule has 3 aromatic rings. The number of halogens is 3. The summed E-state index contributed by atoms with van der Waals surface area (Å²) in [4.78, 5) is 10.6. The van der Waals surface area contributed by atoms with Crippen LogP contribution in [-0.2, 0) is 0 Å². The van der Waals surface area contributed by atoms with Crippen LogP contribution in [0.25, 0.3) is 10.9 Å². The molecule has 0 radical (unpaired) electrons. The number of nitrogens with one attached hydrogen (secondary N) is 1. The molecule has 0 amide bonds. The number of aliphatic hydroxyl groups excluding tert-OH is 2. The van der Waals surface area contributed by atoms with Crippen molar-refractivity contribution in [2.24, 2.45) is 0 Å². The Morgan fingerprint density at radius 1 is 1.23 bits per heavy atom. The molecular weight excluding hydrogens is 409 g/mol. The zero-order valence-electron chi connectivity index (χ0n) is 16.8. The predicted octanol–water partition coefficient (Wildman–Crippen LogP) is 3.81. The van der Waals surface area contributed by atoms with Gasteiger partial charge >= 0.3 is 0 Å². The number of benzene rings is 1. The van der Waals surface area contributed by atoms with Crippen molar-refractivity contribution in [2.75, 3.05) is 23.4 Å². The van der Waals surface area contributed by atoms with Crippen LogP contribution in [0.2, 0.25) is 0 Å². The molecule has 1 aromatic carbocycles. The molecule has 1 aliphatic heterocycles. The van der Waals surface area contributed by atoms with Crippen LogP contribution in [-0.4, -0.2) is 45.5 Å². The van der Waals surface area contributed by atoms with E-state index in [0.29, 0.717) is 35.4 Å². The van der Waals surface area contributed by atoms with Gasteiger partial charge in [0.25, 0.3) is 6.43 Å². The molecule has 164 valence electrons. The summed E-state index contributed by atoms with van der Waals surface area (Å²) in [5, 5.41) is 23.5. The molecule has 0 bridgehead atoms. The molecule has 0 aliphatic carbocycles. The molecule has 3 atom stereocenters. The molecule has 9 heteroatoms. The van der Waals surface area contributed by atoms with Crippen LogP contribution in [0.15, 0.2) is 42.7 Å². The highest BCUT2D eigenvalue weighted by Gasteiger charge is 2.31. The second kappa shape index (κ2) is 8.68. The first kappa shape index (κ1) is 21.3. The first-order valence-corrected chi connectivity index (χ1v) is 10.0. The van der Waals surface area contributed by atoms with Gasteiger partial charge in [-0.1, -0.05) is 18.2 Å². The summed E-state index contributed by atoms with van der Waals surface area (Å²) in [6.07, 6.45) is 0.188. The van der Waals surface area contributed by atoms with Crippen LogP contribution in [0.4, 0.5) is 24.7 Å². The fourth-order valence-corrected chi connectivity index (χ4v) is 4.05. The van der Waals surface area contributed by atoms with Crippen molar-refractivity contribution in [3.05, 3.63) is 59.7 Å². The van der Waals surface area contributed by atoms with Crippen LogP contribution in [0.1, 0.15) is 36.9 Å². The highest BCUT2D eigenvalue weighted by atomic mass is 19.3. The summed E-state index contributed by atoms with van der Waals surface area (Å²) in [5.74, 6) is -0.340. The Balaban J connectivity index is 1.68. The molecule has 6 nitrogen and oxygen atoms in total. The van der Waals surface area contributed by atoms with Gasteiger partial charge in [0.15, 0.2) is 0 Å². The summed E-state index contributed by atoms with van der Waals surface area (Å²) < 4.78 is 40.7. The minimum absolute atomic E-state index is 0.105. The van der Waals surface area contributed by atoms with Gasteiger partial charge in [-0.05, 0) is 25.5 Å². The van der Waals surface area contributed by atoms with Gasteiger partial charge in [0.05, 0.1) is 42.1 Å². The smallest absolute Gasteiger partial charge is 0.266 e. The molecule has 1 aliphatic rings. The Labute approximate surface area is 177 Å². The average molecular weight is 432 g/mol. The lowest BCUT2D eigenvalue weighted by molar-refractivity contribution is 0.146. The third-order valence-electron chi connectivity index (χ3n) is 5.64. The molecule has 1 fully saturated rings. The molecule has 3 N–H and O–H groups in total. The first-order valence-electron chi connectivity index (χ1n) is 10.0. The van der Waals surface area contributed by atoms with E-state index < -0.39 is 30.0 Å². The molecular formula is C22H23F3N4O2. The maximum Gasteiger partial charge on any atom is 0.266 e. The molecule has 3 heterocycles. The van der Waals surface area contributed by atoms with Crippen LogP contribution >= 0.6 is 0 Å². The zero-order chi connectivity index (χ0) is 22.1. The largest absolute Gasteiger partial charge is 0.394 e. The van der Waals surface area contributed by atoms with Crippen LogP contribution in [0.3, 0.4) is 0 Å². The van der Waals surface area contributed by atoms with Crippen LogP contribution in [0, 0.1) is 5.82 Å². The monoisotopic (exact) mass is 432 g/mol. The Hall–Kier alpha value is -2.91. The number of hydrogen-bond acceptors (Lipinski definition) is 6. The summed E-state index contributed by atoms with van der Waals surface area (Å²) in [6, 6.07) is 6.67. The minimum atomic E-state index is -2.89. The maximum atomic E-state index is 14.6. The molecule has 0 unspecified atom stereocenters. The number of fused-ring (bicyclic) bond motifs is 1. The summed E-state index contributed by atoms with van der Waals surface area (Å²) in [6.45, 7) is 1.95. The third-order valence-corrected chi connectivity index (χ3v) is 5.64. The van der Waals surface area contributed by atoms with Crippen molar-refractivity contribution in [3.63, 3.8) is 0 Å². The second-order valence-corrected chi connectivity index (χ2v) is 7.71. The predicted molar refractivity (Wildman–Crippen MR) is 112 cm³/mol. The topological polar surface area (TPSA) is 81.5 Å². The minimum Gasteiger partial charge on any atom is -0.394 e. The van der Waals surface area contributed by atoms with Gasteiger partial charge in [0, 0.05) is 29.4 Å². The molecule has 0 spiro atoms. The van der Waals surface area contributed by atoms with Crippen LogP contribution in [0.5, 0.6) is 0 Å². The Bertz CT molecular complexity index is 1080. The molecule has 1 saturated heterocycles. The number of rotatable bonds is 6. The number of alkyl halides is 2. The van der Waals surface area contributed by atoms with Crippen LogP contribution < -0.4 is 10.2 Å². The van der Waals surface area contributed by atoms with E-state index >= 15 is 0 Å². The molecule has 4 rings (SSSR count).